The SMILES string of the molecule is CCCOC(=O)C(CCC)CCC.[GeH4]. The third-order valence-electron chi connectivity index (χ3n) is 2.06. The molecule has 0 saturated heterocycles. The van der Waals surface area contributed by atoms with E-state index < -0.39 is 0 Å². The van der Waals surface area contributed by atoms with E-state index in [0.717, 1.165) is 32.1 Å². The van der Waals surface area contributed by atoms with Crippen LogP contribution in [0.4, 0.5) is 0 Å². The van der Waals surface area contributed by atoms with Crippen molar-refractivity contribution in [3.8, 4) is 0 Å². The van der Waals surface area contributed by atoms with Crippen molar-refractivity contribution in [1.82, 2.24) is 0 Å². The summed E-state index contributed by atoms with van der Waals surface area (Å²) < 4.78 is 5.12. The van der Waals surface area contributed by atoms with E-state index in [1.54, 1.807) is 0 Å². The molecule has 0 aromatic rings. The van der Waals surface area contributed by atoms with Crippen molar-refractivity contribution in [1.29, 1.82) is 0 Å². The molecule has 0 fully saturated rings. The summed E-state index contributed by atoms with van der Waals surface area (Å²) in [6.45, 7) is 6.80. The first-order chi connectivity index (χ1) is 6.26. The molecule has 0 saturated carbocycles. The van der Waals surface area contributed by atoms with E-state index in [1.165, 1.54) is 0 Å². The summed E-state index contributed by atoms with van der Waals surface area (Å²) in [6, 6.07) is 0. The third-order valence-corrected chi connectivity index (χ3v) is 2.06. The maximum absolute atomic E-state index is 11.5. The van der Waals surface area contributed by atoms with Crippen molar-refractivity contribution < 1.29 is 9.53 Å². The first kappa shape index (κ1) is 16.4. The minimum atomic E-state index is 0. The van der Waals surface area contributed by atoms with Crippen LogP contribution in [0.15, 0.2) is 0 Å². The Kier molecular flexibility index (Phi) is 13.0. The molecule has 14 heavy (non-hydrogen) atoms. The fourth-order valence-corrected chi connectivity index (χ4v) is 1.40. The van der Waals surface area contributed by atoms with Crippen LogP contribution >= 0.6 is 0 Å². The van der Waals surface area contributed by atoms with Crippen molar-refractivity contribution in [3.63, 3.8) is 0 Å². The van der Waals surface area contributed by atoms with Crippen LogP contribution in [0.25, 0.3) is 0 Å². The summed E-state index contributed by atoms with van der Waals surface area (Å²) in [5.74, 6) is 0.145. The molecule has 0 rings (SSSR count). The van der Waals surface area contributed by atoms with Gasteiger partial charge in [0.15, 0.2) is 0 Å². The third kappa shape index (κ3) is 7.42. The van der Waals surface area contributed by atoms with E-state index in [9.17, 15) is 4.79 Å². The summed E-state index contributed by atoms with van der Waals surface area (Å²) in [5.41, 5.74) is 0. The van der Waals surface area contributed by atoms with Gasteiger partial charge >= 0.3 is 23.6 Å². The van der Waals surface area contributed by atoms with Gasteiger partial charge in [-0.15, -0.1) is 0 Å². The topological polar surface area (TPSA) is 26.3 Å². The van der Waals surface area contributed by atoms with Gasteiger partial charge < -0.3 is 4.74 Å². The van der Waals surface area contributed by atoms with E-state index in [4.69, 9.17) is 4.74 Å². The Morgan fingerprint density at radius 3 is 1.93 bits per heavy atom. The van der Waals surface area contributed by atoms with Crippen LogP contribution in [0.2, 0.25) is 0 Å². The molecule has 0 aliphatic heterocycles. The zero-order valence-corrected chi connectivity index (χ0v) is 9.14. The van der Waals surface area contributed by atoms with E-state index in [0.29, 0.717) is 6.61 Å². The summed E-state index contributed by atoms with van der Waals surface area (Å²) in [5, 5.41) is 0. The molecule has 0 heterocycles. The summed E-state index contributed by atoms with van der Waals surface area (Å²) in [6.07, 6.45) is 4.97. The Morgan fingerprint density at radius 1 is 1.07 bits per heavy atom. The fourth-order valence-electron chi connectivity index (χ4n) is 1.40. The van der Waals surface area contributed by atoms with Gasteiger partial charge in [0, 0.05) is 0 Å². The van der Waals surface area contributed by atoms with E-state index in [1.807, 2.05) is 6.92 Å². The normalized spacial score (nSPS) is 9.71. The van der Waals surface area contributed by atoms with Crippen molar-refractivity contribution in [2.75, 3.05) is 6.61 Å². The molecule has 0 radical (unpaired) electrons. The van der Waals surface area contributed by atoms with Crippen LogP contribution in [0.1, 0.15) is 52.9 Å². The maximum atomic E-state index is 11.5. The number of carbonyl (C=O) groups excluding carboxylic acids is 1. The molecule has 0 aliphatic rings. The molecule has 3 heteroatoms. The molecule has 0 amide bonds. The van der Waals surface area contributed by atoms with Gasteiger partial charge in [0.25, 0.3) is 0 Å². The van der Waals surface area contributed by atoms with Crippen molar-refractivity contribution in [3.05, 3.63) is 0 Å². The molecule has 0 aromatic heterocycles. The molecule has 0 N–H and O–H groups in total. The standard InChI is InChI=1S/C11H22O2.GeH4/c1-4-7-10(8-5-2)11(12)13-9-6-3;/h10H,4-9H2,1-3H3;1H4. The van der Waals surface area contributed by atoms with Gasteiger partial charge in [0.2, 0.25) is 0 Å². The van der Waals surface area contributed by atoms with Gasteiger partial charge in [-0.2, -0.15) is 0 Å². The van der Waals surface area contributed by atoms with Gasteiger partial charge in [-0.25, -0.2) is 0 Å². The second-order valence-corrected chi connectivity index (χ2v) is 3.44. The molecule has 86 valence electrons. The Bertz CT molecular complexity index is 131. The van der Waals surface area contributed by atoms with Crippen LogP contribution < -0.4 is 0 Å². The van der Waals surface area contributed by atoms with Crippen molar-refractivity contribution >= 4 is 23.6 Å². The number of hydrogen-bond donors (Lipinski definition) is 0. The Morgan fingerprint density at radius 2 is 1.57 bits per heavy atom. The summed E-state index contributed by atoms with van der Waals surface area (Å²) in [4.78, 5) is 11.5. The van der Waals surface area contributed by atoms with Crippen molar-refractivity contribution in [2.24, 2.45) is 5.92 Å². The predicted octanol–water partition coefficient (Wildman–Crippen LogP) is 1.70. The van der Waals surface area contributed by atoms with Crippen LogP contribution in [0.3, 0.4) is 0 Å². The second-order valence-electron chi connectivity index (χ2n) is 3.44. The number of hydrogen-bond acceptors (Lipinski definition) is 2. The first-order valence-corrected chi connectivity index (χ1v) is 5.42. The summed E-state index contributed by atoms with van der Waals surface area (Å²) >= 11 is 0. The monoisotopic (exact) mass is 264 g/mol. The number of rotatable bonds is 7. The quantitative estimate of drug-likeness (QED) is 0.516. The molecule has 0 spiro atoms. The van der Waals surface area contributed by atoms with Gasteiger partial charge in [0.1, 0.15) is 0 Å². The number of esters is 1. The molecule has 0 bridgehead atoms. The fraction of sp³-hybridized carbons (Fsp3) is 0.909. The second kappa shape index (κ2) is 11.1. The van der Waals surface area contributed by atoms with E-state index in [2.05, 4.69) is 13.8 Å². The van der Waals surface area contributed by atoms with Crippen LogP contribution in [-0.4, -0.2) is 30.2 Å². The number of carbonyl (C=O) groups is 1. The summed E-state index contributed by atoms with van der Waals surface area (Å²) in [7, 11) is 0. The molecular weight excluding hydrogens is 237 g/mol. The van der Waals surface area contributed by atoms with Gasteiger partial charge in [-0.05, 0) is 19.3 Å². The average molecular weight is 263 g/mol. The number of ether oxygens (including phenoxy) is 1. The van der Waals surface area contributed by atoms with Crippen LogP contribution in [-0.2, 0) is 9.53 Å². The Hall–Kier alpha value is 0.0129. The first-order valence-electron chi connectivity index (χ1n) is 5.42. The average Bonchev–Trinajstić information content (AvgIpc) is 2.14. The Labute approximate surface area is 98.8 Å². The van der Waals surface area contributed by atoms with Gasteiger partial charge in [-0.1, -0.05) is 33.6 Å². The van der Waals surface area contributed by atoms with E-state index in [-0.39, 0.29) is 29.5 Å². The Balaban J connectivity index is 0. The van der Waals surface area contributed by atoms with E-state index >= 15 is 0 Å². The van der Waals surface area contributed by atoms with Gasteiger partial charge in [0.05, 0.1) is 12.5 Å². The predicted molar refractivity (Wildman–Crippen MR) is 65.9 cm³/mol. The minimum absolute atomic E-state index is 0. The zero-order valence-electron chi connectivity index (χ0n) is 9.14. The molecule has 0 unspecified atom stereocenters. The molecule has 0 aliphatic carbocycles. The molecule has 2 nitrogen and oxygen atoms in total. The van der Waals surface area contributed by atoms with Gasteiger partial charge in [-0.3, -0.25) is 4.79 Å². The van der Waals surface area contributed by atoms with Crippen molar-refractivity contribution in [2.45, 2.75) is 52.9 Å². The zero-order chi connectivity index (χ0) is 10.1. The molecule has 0 atom stereocenters. The molecular formula is C11H26GeO2. The van der Waals surface area contributed by atoms with Crippen LogP contribution in [0.5, 0.6) is 0 Å². The van der Waals surface area contributed by atoms with Crippen LogP contribution in [0, 0.1) is 5.92 Å². The molecule has 0 aromatic carbocycles.